The molecular weight excluding hydrogens is 292 g/mol. The predicted octanol–water partition coefficient (Wildman–Crippen LogP) is 3.63. The minimum absolute atomic E-state index is 0.136. The Morgan fingerprint density at radius 2 is 2.30 bits per heavy atom. The minimum atomic E-state index is -0.173. The van der Waals surface area contributed by atoms with Crippen LogP contribution in [0.4, 0.5) is 0 Å². The van der Waals surface area contributed by atoms with Crippen LogP contribution in [0, 0.1) is 6.92 Å². The molecule has 1 N–H and O–H groups in total. The molecule has 3 heterocycles. The van der Waals surface area contributed by atoms with Crippen LogP contribution in [-0.2, 0) is 0 Å². The average Bonchev–Trinajstić information content (AvgIpc) is 3.18. The first-order chi connectivity index (χ1) is 9.75. The van der Waals surface area contributed by atoms with E-state index >= 15 is 0 Å². The van der Waals surface area contributed by atoms with Crippen molar-refractivity contribution >= 4 is 28.6 Å². The number of rotatable bonds is 4. The molecule has 20 heavy (non-hydrogen) atoms. The van der Waals surface area contributed by atoms with Crippen molar-refractivity contribution in [3.05, 3.63) is 62.3 Å². The SMILES string of the molecule is Cc1oncc1C(=O)N[C@@H](c1ccsc1)c1cccs1. The summed E-state index contributed by atoms with van der Waals surface area (Å²) in [4.78, 5) is 13.4. The van der Waals surface area contributed by atoms with Crippen molar-refractivity contribution in [2.75, 3.05) is 0 Å². The van der Waals surface area contributed by atoms with E-state index in [-0.39, 0.29) is 11.9 Å². The highest BCUT2D eigenvalue weighted by molar-refractivity contribution is 7.10. The zero-order valence-electron chi connectivity index (χ0n) is 10.7. The summed E-state index contributed by atoms with van der Waals surface area (Å²) >= 11 is 3.24. The van der Waals surface area contributed by atoms with Gasteiger partial charge in [-0.25, -0.2) is 0 Å². The Morgan fingerprint density at radius 1 is 1.40 bits per heavy atom. The van der Waals surface area contributed by atoms with Crippen molar-refractivity contribution < 1.29 is 9.32 Å². The first-order valence-electron chi connectivity index (χ1n) is 6.03. The Morgan fingerprint density at radius 3 is 2.90 bits per heavy atom. The number of aryl methyl sites for hydroxylation is 1. The number of nitrogens with zero attached hydrogens (tertiary/aromatic N) is 1. The third-order valence-corrected chi connectivity index (χ3v) is 4.61. The van der Waals surface area contributed by atoms with Gasteiger partial charge in [0, 0.05) is 4.88 Å². The quantitative estimate of drug-likeness (QED) is 0.801. The first-order valence-corrected chi connectivity index (χ1v) is 7.85. The lowest BCUT2D eigenvalue weighted by atomic mass is 10.1. The number of aromatic nitrogens is 1. The molecule has 6 heteroatoms. The number of hydrogen-bond donors (Lipinski definition) is 1. The fraction of sp³-hybridized carbons (Fsp3) is 0.143. The molecule has 1 atom stereocenters. The highest BCUT2D eigenvalue weighted by Gasteiger charge is 2.21. The highest BCUT2D eigenvalue weighted by atomic mass is 32.1. The summed E-state index contributed by atoms with van der Waals surface area (Å²) in [7, 11) is 0. The molecule has 0 aliphatic carbocycles. The summed E-state index contributed by atoms with van der Waals surface area (Å²) in [6.07, 6.45) is 1.45. The topological polar surface area (TPSA) is 55.1 Å². The van der Waals surface area contributed by atoms with Crippen LogP contribution in [-0.4, -0.2) is 11.1 Å². The predicted molar refractivity (Wildman–Crippen MR) is 79.2 cm³/mol. The van der Waals surface area contributed by atoms with Crippen molar-refractivity contribution in [2.45, 2.75) is 13.0 Å². The van der Waals surface area contributed by atoms with Crippen LogP contribution < -0.4 is 5.32 Å². The van der Waals surface area contributed by atoms with Gasteiger partial charge >= 0.3 is 0 Å². The third kappa shape index (κ3) is 2.52. The van der Waals surface area contributed by atoms with Gasteiger partial charge in [-0.1, -0.05) is 11.2 Å². The summed E-state index contributed by atoms with van der Waals surface area (Å²) in [6.45, 7) is 1.73. The van der Waals surface area contributed by atoms with Gasteiger partial charge in [-0.3, -0.25) is 4.79 Å². The van der Waals surface area contributed by atoms with Crippen LogP contribution in [0.1, 0.15) is 32.6 Å². The molecule has 4 nitrogen and oxygen atoms in total. The lowest BCUT2D eigenvalue weighted by Gasteiger charge is -2.16. The van der Waals surface area contributed by atoms with Crippen LogP contribution in [0.3, 0.4) is 0 Å². The molecule has 0 saturated carbocycles. The molecule has 0 bridgehead atoms. The number of carbonyl (C=O) groups excluding carboxylic acids is 1. The fourth-order valence-corrected chi connectivity index (χ4v) is 3.43. The highest BCUT2D eigenvalue weighted by Crippen LogP contribution is 2.28. The van der Waals surface area contributed by atoms with E-state index in [0.717, 1.165) is 10.4 Å². The average molecular weight is 304 g/mol. The van der Waals surface area contributed by atoms with Gasteiger partial charge in [0.15, 0.2) is 0 Å². The zero-order chi connectivity index (χ0) is 13.9. The molecule has 0 aliphatic heterocycles. The Bertz CT molecular complexity index is 652. The van der Waals surface area contributed by atoms with E-state index in [9.17, 15) is 4.79 Å². The molecule has 0 radical (unpaired) electrons. The summed E-state index contributed by atoms with van der Waals surface area (Å²) < 4.78 is 4.94. The molecule has 1 amide bonds. The maximum Gasteiger partial charge on any atom is 0.257 e. The van der Waals surface area contributed by atoms with Gasteiger partial charge in [-0.2, -0.15) is 11.3 Å². The van der Waals surface area contributed by atoms with Crippen LogP contribution >= 0.6 is 22.7 Å². The van der Waals surface area contributed by atoms with Crippen LogP contribution in [0.15, 0.2) is 45.1 Å². The van der Waals surface area contributed by atoms with Crippen molar-refractivity contribution in [3.8, 4) is 0 Å². The van der Waals surface area contributed by atoms with Gasteiger partial charge in [-0.15, -0.1) is 11.3 Å². The van der Waals surface area contributed by atoms with Gasteiger partial charge in [0.2, 0.25) is 0 Å². The Hall–Kier alpha value is -1.92. The number of hydrogen-bond acceptors (Lipinski definition) is 5. The van der Waals surface area contributed by atoms with E-state index in [4.69, 9.17) is 4.52 Å². The number of nitrogens with one attached hydrogen (secondary N) is 1. The van der Waals surface area contributed by atoms with Crippen molar-refractivity contribution in [3.63, 3.8) is 0 Å². The van der Waals surface area contributed by atoms with E-state index in [1.54, 1.807) is 29.6 Å². The third-order valence-electron chi connectivity index (χ3n) is 2.98. The van der Waals surface area contributed by atoms with Gasteiger partial charge in [0.05, 0.1) is 12.2 Å². The van der Waals surface area contributed by atoms with Crippen molar-refractivity contribution in [2.24, 2.45) is 0 Å². The first kappa shape index (κ1) is 13.1. The summed E-state index contributed by atoms with van der Waals surface area (Å²) in [5.74, 6) is 0.353. The lowest BCUT2D eigenvalue weighted by Crippen LogP contribution is -2.28. The Kier molecular flexibility index (Phi) is 3.66. The zero-order valence-corrected chi connectivity index (χ0v) is 12.3. The second-order valence-corrected chi connectivity index (χ2v) is 6.03. The largest absolute Gasteiger partial charge is 0.361 e. The molecule has 3 aromatic heterocycles. The molecule has 0 fully saturated rings. The van der Waals surface area contributed by atoms with E-state index in [1.165, 1.54) is 6.20 Å². The van der Waals surface area contributed by atoms with Gasteiger partial charge in [-0.05, 0) is 40.8 Å². The lowest BCUT2D eigenvalue weighted by molar-refractivity contribution is 0.0942. The standard InChI is InChI=1S/C14H12N2O2S2/c1-9-11(7-15-18-9)14(17)16-13(10-4-6-19-8-10)12-3-2-5-20-12/h2-8,13H,1H3,(H,16,17)/t13-/m0/s1. The van der Waals surface area contributed by atoms with E-state index < -0.39 is 0 Å². The number of thiophene rings is 2. The Labute approximate surface area is 124 Å². The summed E-state index contributed by atoms with van der Waals surface area (Å²) in [5, 5.41) is 12.7. The molecule has 0 unspecified atom stereocenters. The van der Waals surface area contributed by atoms with Crippen molar-refractivity contribution in [1.82, 2.24) is 10.5 Å². The van der Waals surface area contributed by atoms with E-state index in [2.05, 4.69) is 10.5 Å². The molecular formula is C14H12N2O2S2. The van der Waals surface area contributed by atoms with Crippen LogP contribution in [0.5, 0.6) is 0 Å². The monoisotopic (exact) mass is 304 g/mol. The molecule has 0 spiro atoms. The van der Waals surface area contributed by atoms with Crippen LogP contribution in [0.2, 0.25) is 0 Å². The second kappa shape index (κ2) is 5.60. The molecule has 0 aliphatic rings. The number of amides is 1. The fourth-order valence-electron chi connectivity index (χ4n) is 1.94. The molecule has 0 aromatic carbocycles. The smallest absolute Gasteiger partial charge is 0.257 e. The summed E-state index contributed by atoms with van der Waals surface area (Å²) in [6, 6.07) is 5.89. The van der Waals surface area contributed by atoms with Gasteiger partial charge in [0.25, 0.3) is 5.91 Å². The number of carbonyl (C=O) groups is 1. The van der Waals surface area contributed by atoms with E-state index in [1.807, 2.05) is 34.3 Å². The minimum Gasteiger partial charge on any atom is -0.361 e. The van der Waals surface area contributed by atoms with Gasteiger partial charge in [0.1, 0.15) is 11.3 Å². The molecule has 3 aromatic rings. The van der Waals surface area contributed by atoms with E-state index in [0.29, 0.717) is 11.3 Å². The molecule has 3 rings (SSSR count). The maximum absolute atomic E-state index is 12.3. The molecule has 0 saturated heterocycles. The Balaban J connectivity index is 1.88. The maximum atomic E-state index is 12.3. The van der Waals surface area contributed by atoms with Crippen LogP contribution in [0.25, 0.3) is 0 Å². The molecule has 102 valence electrons. The second-order valence-electron chi connectivity index (χ2n) is 4.27. The van der Waals surface area contributed by atoms with Crippen molar-refractivity contribution in [1.29, 1.82) is 0 Å². The summed E-state index contributed by atoms with van der Waals surface area (Å²) in [5.41, 5.74) is 1.56. The normalized spacial score (nSPS) is 12.2. The van der Waals surface area contributed by atoms with Gasteiger partial charge < -0.3 is 9.84 Å².